The summed E-state index contributed by atoms with van der Waals surface area (Å²) in [7, 11) is 0. The zero-order chi connectivity index (χ0) is 51.2. The van der Waals surface area contributed by atoms with E-state index in [1.54, 1.807) is 80.8 Å². The van der Waals surface area contributed by atoms with Gasteiger partial charge in [0.1, 0.15) is 11.6 Å². The van der Waals surface area contributed by atoms with Gasteiger partial charge in [0, 0.05) is 28.3 Å². The minimum atomic E-state index is -2.85. The lowest BCUT2D eigenvalue weighted by molar-refractivity contribution is 0.477. The van der Waals surface area contributed by atoms with Crippen molar-refractivity contribution in [1.82, 2.24) is 14.5 Å². The molecule has 1 N–H and O–H groups in total. The number of aryl methyl sites for hydroxylation is 1. The van der Waals surface area contributed by atoms with Crippen molar-refractivity contribution in [2.24, 2.45) is 0 Å². The number of hydrogen-bond donors (Lipinski definition) is 1. The summed E-state index contributed by atoms with van der Waals surface area (Å²) in [5.41, 5.74) is 7.08. The Kier molecular flexibility index (Phi) is 7.00. The van der Waals surface area contributed by atoms with Crippen LogP contribution in [0.3, 0.4) is 0 Å². The van der Waals surface area contributed by atoms with Gasteiger partial charge in [-0.3, -0.25) is 9.55 Å². The predicted octanol–water partition coefficient (Wildman–Crippen LogP) is 14.6. The van der Waals surface area contributed by atoms with Crippen molar-refractivity contribution in [3.05, 3.63) is 167 Å². The summed E-state index contributed by atoms with van der Waals surface area (Å²) >= 11 is 0. The van der Waals surface area contributed by atoms with Crippen LogP contribution in [-0.4, -0.2) is 19.6 Å². The minimum Gasteiger partial charge on any atom is -0.507 e. The number of imidazole rings is 1. The fourth-order valence-electron chi connectivity index (χ4n) is 7.27. The largest absolute Gasteiger partial charge is 0.507 e. The topological polar surface area (TPSA) is 50.9 Å². The van der Waals surface area contributed by atoms with Crippen molar-refractivity contribution in [2.45, 2.75) is 79.4 Å². The Morgan fingerprint density at radius 2 is 1.36 bits per heavy atom. The van der Waals surface area contributed by atoms with E-state index in [-0.39, 0.29) is 16.9 Å². The van der Waals surface area contributed by atoms with Crippen molar-refractivity contribution in [3.63, 3.8) is 0 Å². The first-order valence-corrected chi connectivity index (χ1v) is 19.3. The molecule has 6 aromatic carbocycles. The molecular weight excluding hydrogens is 707 g/mol. The van der Waals surface area contributed by atoms with Crippen LogP contribution in [0.2, 0.25) is 0 Å². The molecule has 0 aliphatic carbocycles. The van der Waals surface area contributed by atoms with E-state index in [1.165, 1.54) is 6.20 Å². The zero-order valence-electron chi connectivity index (χ0n) is 45.8. The van der Waals surface area contributed by atoms with Gasteiger partial charge < -0.3 is 5.11 Å². The summed E-state index contributed by atoms with van der Waals surface area (Å²) in [5, 5.41) is 11.4. The zero-order valence-corrected chi connectivity index (χ0v) is 33.8. The number of para-hydroxylation sites is 2. The van der Waals surface area contributed by atoms with Gasteiger partial charge in [0.25, 0.3) is 0 Å². The van der Waals surface area contributed by atoms with Crippen LogP contribution in [0.4, 0.5) is 0 Å². The summed E-state index contributed by atoms with van der Waals surface area (Å²) in [4.78, 5) is 9.92. The average Bonchev–Trinajstić information content (AvgIpc) is 3.66. The Hall–Kier alpha value is -6.26. The smallest absolute Gasteiger partial charge is 0.149 e. The highest BCUT2D eigenvalue weighted by molar-refractivity contribution is 5.97. The molecule has 2 aromatic heterocycles. The van der Waals surface area contributed by atoms with Crippen LogP contribution in [0.1, 0.15) is 105 Å². The van der Waals surface area contributed by atoms with E-state index in [9.17, 15) is 5.11 Å². The number of nitrogens with zero attached hydrogens (tertiary/aromatic N) is 3. The Bertz CT molecular complexity index is 3310. The van der Waals surface area contributed by atoms with E-state index in [1.807, 2.05) is 54.6 Å². The van der Waals surface area contributed by atoms with Crippen molar-refractivity contribution < 1.29 is 21.6 Å². The minimum absolute atomic E-state index is 0.0198. The highest BCUT2D eigenvalue weighted by Gasteiger charge is 2.23. The Balaban J connectivity index is 1.36. The second-order valence-corrected chi connectivity index (χ2v) is 16.2. The van der Waals surface area contributed by atoms with Crippen LogP contribution in [0, 0.1) is 13.7 Å². The van der Waals surface area contributed by atoms with Crippen molar-refractivity contribution >= 4 is 11.0 Å². The SMILES string of the molecule is [2H]c1c([2H])c(C([2H])([2H])[2H])c([2H])c([2H])c1-c1ccnc(-c2cc(-c3cccc4c3nc(-c3ccccc3O)n4-c3ccc(-c4cc(C([2H])(C)C)cc(C([2H])(C)C)c4)cc3C([2H])([2H])[2H])cc(C(C)(C)C)c2)c1. The van der Waals surface area contributed by atoms with Crippen molar-refractivity contribution in [1.29, 1.82) is 0 Å². The second kappa shape index (κ2) is 15.2. The summed E-state index contributed by atoms with van der Waals surface area (Å²) in [5.74, 6) is -1.76. The van der Waals surface area contributed by atoms with Gasteiger partial charge >= 0.3 is 0 Å². The van der Waals surface area contributed by atoms with E-state index in [0.717, 1.165) is 11.1 Å². The van der Waals surface area contributed by atoms with Crippen LogP contribution in [0.5, 0.6) is 5.75 Å². The first-order valence-electron chi connectivity index (χ1n) is 25.3. The quantitative estimate of drug-likeness (QED) is 0.167. The molecule has 0 bridgehead atoms. The van der Waals surface area contributed by atoms with E-state index in [2.05, 4.69) is 26.8 Å². The number of rotatable bonds is 8. The van der Waals surface area contributed by atoms with E-state index >= 15 is 0 Å². The number of phenols is 1. The molecule has 0 aliphatic rings. The van der Waals surface area contributed by atoms with Crippen molar-refractivity contribution in [2.75, 3.05) is 0 Å². The molecule has 0 unspecified atom stereocenters. The molecule has 0 aliphatic heterocycles. The highest BCUT2D eigenvalue weighted by atomic mass is 16.3. The monoisotopic (exact) mass is 771 g/mol. The summed E-state index contributed by atoms with van der Waals surface area (Å²) in [6.07, 6.45) is 1.51. The third kappa shape index (κ3) is 7.47. The van der Waals surface area contributed by atoms with Crippen molar-refractivity contribution in [3.8, 4) is 67.5 Å². The molecule has 0 atom stereocenters. The van der Waals surface area contributed by atoms with Crippen LogP contribution in [-0.2, 0) is 5.41 Å². The summed E-state index contributed by atoms with van der Waals surface area (Å²) < 4.78 is 104. The fraction of sp³-hybridized carbons (Fsp3) is 0.222. The fourth-order valence-corrected chi connectivity index (χ4v) is 7.27. The van der Waals surface area contributed by atoms with Crippen LogP contribution < -0.4 is 0 Å². The van der Waals surface area contributed by atoms with Gasteiger partial charge in [0.15, 0.2) is 0 Å². The molecule has 0 saturated heterocycles. The highest BCUT2D eigenvalue weighted by Crippen LogP contribution is 2.41. The van der Waals surface area contributed by atoms with Crippen LogP contribution in [0.25, 0.3) is 72.7 Å². The lowest BCUT2D eigenvalue weighted by atomic mass is 9.83. The molecule has 0 fully saturated rings. The number of benzene rings is 6. The van der Waals surface area contributed by atoms with Gasteiger partial charge in [-0.05, 0) is 136 Å². The maximum absolute atomic E-state index is 11.4. The first kappa shape index (κ1) is 26.6. The van der Waals surface area contributed by atoms with Gasteiger partial charge in [0.2, 0.25) is 0 Å². The molecule has 4 nitrogen and oxygen atoms in total. The Morgan fingerprint density at radius 3 is 2.05 bits per heavy atom. The molecule has 58 heavy (non-hydrogen) atoms. The third-order valence-electron chi connectivity index (χ3n) is 10.6. The molecule has 8 aromatic rings. The maximum atomic E-state index is 11.4. The van der Waals surface area contributed by atoms with Gasteiger partial charge in [-0.25, -0.2) is 4.98 Å². The number of hydrogen-bond acceptors (Lipinski definition) is 3. The second-order valence-electron chi connectivity index (χ2n) is 16.2. The summed E-state index contributed by atoms with van der Waals surface area (Å²) in [6.45, 7) is 7.82. The van der Waals surface area contributed by atoms with E-state index in [4.69, 9.17) is 26.4 Å². The number of aromatic nitrogens is 3. The number of fused-ring (bicyclic) bond motifs is 1. The third-order valence-corrected chi connectivity index (χ3v) is 10.6. The molecule has 0 spiro atoms. The molecule has 2 heterocycles. The van der Waals surface area contributed by atoms with Gasteiger partial charge in [-0.15, -0.1) is 0 Å². The van der Waals surface area contributed by atoms with E-state index < -0.39 is 60.6 Å². The number of aromatic hydroxyl groups is 1. The standard InChI is InChI=1S/C54H53N3O/c1-33(2)40-26-41(34(3)4)28-42(27-40)38-21-22-49(36(6)25-38)57-50-15-12-14-46(52(50)56-53(57)47-13-10-11-16-51(47)58)43-29-44(31-45(30-43)54(7,8)9)48-32-39(23-24-55-48)37-19-17-35(5)18-20-37/h10-34,58H,1-9H3/i5D3,6D3,17D,18D,19D,20D,33D,34D. The Labute approximate surface area is 360 Å². The van der Waals surface area contributed by atoms with Gasteiger partial charge in [-0.1, -0.05) is 133 Å². The normalized spacial score (nSPS) is 15.7. The molecule has 4 heteroatoms. The number of phenolic OH excluding ortho intramolecular Hbond substituents is 1. The predicted molar refractivity (Wildman–Crippen MR) is 244 cm³/mol. The van der Waals surface area contributed by atoms with Crippen LogP contribution in [0.15, 0.2) is 140 Å². The van der Waals surface area contributed by atoms with E-state index in [0.29, 0.717) is 72.7 Å². The molecule has 290 valence electrons. The van der Waals surface area contributed by atoms with Crippen LogP contribution >= 0.6 is 0 Å². The molecule has 8 rings (SSSR count). The first-order chi connectivity index (χ1) is 32.4. The average molecular weight is 772 g/mol. The maximum Gasteiger partial charge on any atom is 0.149 e. The van der Waals surface area contributed by atoms with Gasteiger partial charge in [-0.2, -0.15) is 0 Å². The molecular formula is C54H53N3O. The molecule has 0 radical (unpaired) electrons. The lowest BCUT2D eigenvalue weighted by Crippen LogP contribution is -2.11. The summed E-state index contributed by atoms with van der Waals surface area (Å²) in [6, 6.07) is 30.2. The lowest BCUT2D eigenvalue weighted by Gasteiger charge is -2.22. The molecule has 0 saturated carbocycles. The number of pyridine rings is 1. The Morgan fingerprint density at radius 1 is 0.655 bits per heavy atom. The molecule has 0 amide bonds. The van der Waals surface area contributed by atoms with Gasteiger partial charge in [0.05, 0.1) is 33.5 Å².